The first-order chi connectivity index (χ1) is 14.7. The Hall–Kier alpha value is -2.92. The monoisotopic (exact) mass is 420 g/mol. The lowest BCUT2D eigenvalue weighted by Crippen LogP contribution is -2.35. The molecule has 4 rings (SSSR count). The van der Waals surface area contributed by atoms with Crippen LogP contribution in [0.3, 0.4) is 0 Å². The van der Waals surface area contributed by atoms with E-state index in [1.807, 2.05) is 24.3 Å². The predicted molar refractivity (Wildman–Crippen MR) is 120 cm³/mol. The lowest BCUT2D eigenvalue weighted by atomic mass is 9.90. The van der Waals surface area contributed by atoms with Crippen molar-refractivity contribution in [2.45, 2.75) is 25.8 Å². The zero-order valence-electron chi connectivity index (χ0n) is 16.8. The average Bonchev–Trinajstić information content (AvgIpc) is 2.80. The fraction of sp³-hybridized carbons (Fsp3) is 0.292. The number of carbonyl (C=O) groups is 1. The third-order valence-corrected chi connectivity index (χ3v) is 5.95. The van der Waals surface area contributed by atoms with Crippen molar-refractivity contribution in [1.29, 1.82) is 0 Å². The number of amides is 1. The summed E-state index contributed by atoms with van der Waals surface area (Å²) < 4.78 is 0. The molecule has 0 aliphatic carbocycles. The summed E-state index contributed by atoms with van der Waals surface area (Å²) >= 11 is 6.13. The van der Waals surface area contributed by atoms with Gasteiger partial charge in [-0.15, -0.1) is 10.2 Å². The largest absolute Gasteiger partial charge is 0.355 e. The highest BCUT2D eigenvalue weighted by Crippen LogP contribution is 2.24. The zero-order chi connectivity index (χ0) is 20.8. The number of piperidine rings is 1. The van der Waals surface area contributed by atoms with Crippen LogP contribution >= 0.6 is 11.6 Å². The minimum absolute atomic E-state index is 0.254. The van der Waals surface area contributed by atoms with Crippen LogP contribution in [0.15, 0.2) is 66.7 Å². The molecule has 0 atom stereocenters. The predicted octanol–water partition coefficient (Wildman–Crippen LogP) is 4.52. The van der Waals surface area contributed by atoms with Crippen molar-refractivity contribution >= 4 is 23.3 Å². The van der Waals surface area contributed by atoms with E-state index in [9.17, 15) is 4.79 Å². The van der Waals surface area contributed by atoms with Gasteiger partial charge in [-0.2, -0.15) is 0 Å². The van der Waals surface area contributed by atoms with E-state index in [4.69, 9.17) is 11.6 Å². The Morgan fingerprint density at radius 1 is 0.967 bits per heavy atom. The second-order valence-electron chi connectivity index (χ2n) is 7.67. The highest BCUT2D eigenvalue weighted by molar-refractivity contribution is 6.31. The van der Waals surface area contributed by atoms with E-state index < -0.39 is 0 Å². The van der Waals surface area contributed by atoms with E-state index in [0.717, 1.165) is 43.7 Å². The molecule has 1 fully saturated rings. The van der Waals surface area contributed by atoms with Gasteiger partial charge in [-0.3, -0.25) is 4.79 Å². The van der Waals surface area contributed by atoms with Gasteiger partial charge in [0.05, 0.1) is 0 Å². The minimum atomic E-state index is -0.254. The second kappa shape index (κ2) is 9.72. The Balaban J connectivity index is 1.28. The molecule has 1 aliphatic heterocycles. The molecule has 3 aromatic rings. The van der Waals surface area contributed by atoms with Gasteiger partial charge in [-0.05, 0) is 54.5 Å². The van der Waals surface area contributed by atoms with Gasteiger partial charge in [0.1, 0.15) is 0 Å². The number of anilines is 1. The van der Waals surface area contributed by atoms with Gasteiger partial charge in [0, 0.05) is 24.7 Å². The number of benzene rings is 2. The fourth-order valence-corrected chi connectivity index (χ4v) is 4.04. The number of nitrogens with zero attached hydrogens (tertiary/aromatic N) is 3. The van der Waals surface area contributed by atoms with Gasteiger partial charge in [-0.25, -0.2) is 0 Å². The van der Waals surface area contributed by atoms with Crippen LogP contribution in [0.1, 0.15) is 34.5 Å². The molecule has 5 nitrogen and oxygen atoms in total. The van der Waals surface area contributed by atoms with Crippen molar-refractivity contribution in [1.82, 2.24) is 15.5 Å². The Morgan fingerprint density at radius 3 is 2.40 bits per heavy atom. The van der Waals surface area contributed by atoms with Crippen LogP contribution in [0.25, 0.3) is 0 Å². The summed E-state index contributed by atoms with van der Waals surface area (Å²) in [5.74, 6) is 1.28. The molecule has 0 unspecified atom stereocenters. The summed E-state index contributed by atoms with van der Waals surface area (Å²) in [6, 6.07) is 21.7. The molecule has 154 valence electrons. The van der Waals surface area contributed by atoms with Crippen molar-refractivity contribution in [3.63, 3.8) is 0 Å². The number of halogens is 1. The van der Waals surface area contributed by atoms with Crippen molar-refractivity contribution < 1.29 is 4.79 Å². The van der Waals surface area contributed by atoms with E-state index in [1.54, 1.807) is 12.1 Å². The lowest BCUT2D eigenvalue weighted by molar-refractivity contribution is 0.0945. The number of carbonyl (C=O) groups excluding carboxylic acids is 1. The number of nitrogens with one attached hydrogen (secondary N) is 1. The summed E-state index contributed by atoms with van der Waals surface area (Å²) in [7, 11) is 0. The summed E-state index contributed by atoms with van der Waals surface area (Å²) in [6.07, 6.45) is 3.40. The summed E-state index contributed by atoms with van der Waals surface area (Å²) in [5, 5.41) is 11.9. The van der Waals surface area contributed by atoms with Crippen LogP contribution in [-0.4, -0.2) is 29.2 Å². The summed E-state index contributed by atoms with van der Waals surface area (Å²) in [5.41, 5.74) is 2.59. The quantitative estimate of drug-likeness (QED) is 0.637. The minimum Gasteiger partial charge on any atom is -0.355 e. The summed E-state index contributed by atoms with van der Waals surface area (Å²) in [6.45, 7) is 2.28. The Bertz CT molecular complexity index is 970. The molecule has 0 bridgehead atoms. The normalized spacial score (nSPS) is 14.5. The highest BCUT2D eigenvalue weighted by Gasteiger charge is 2.21. The first-order valence-corrected chi connectivity index (χ1v) is 10.7. The molecule has 1 aliphatic rings. The fourth-order valence-electron chi connectivity index (χ4n) is 3.84. The average molecular weight is 421 g/mol. The molecule has 0 spiro atoms. The van der Waals surface area contributed by atoms with Gasteiger partial charge in [0.15, 0.2) is 11.5 Å². The van der Waals surface area contributed by atoms with E-state index >= 15 is 0 Å². The molecule has 1 aromatic heterocycles. The van der Waals surface area contributed by atoms with Gasteiger partial charge >= 0.3 is 0 Å². The van der Waals surface area contributed by atoms with Gasteiger partial charge in [0.2, 0.25) is 0 Å². The molecule has 0 radical (unpaired) electrons. The molecular formula is C24H25ClN4O. The molecule has 1 N–H and O–H groups in total. The standard InChI is InChI=1S/C24H25ClN4O/c25-21-9-5-4-8-20(21)17-26-24(30)22-10-11-23(28-27-22)29-14-12-19(13-15-29)16-18-6-2-1-3-7-18/h1-11,19H,12-17H2,(H,26,30). The van der Waals surface area contributed by atoms with Crippen LogP contribution < -0.4 is 10.2 Å². The van der Waals surface area contributed by atoms with Gasteiger partial charge in [0.25, 0.3) is 5.91 Å². The topological polar surface area (TPSA) is 58.1 Å². The van der Waals surface area contributed by atoms with E-state index in [0.29, 0.717) is 23.2 Å². The number of rotatable bonds is 6. The molecule has 6 heteroatoms. The van der Waals surface area contributed by atoms with E-state index in [2.05, 4.69) is 50.7 Å². The maximum atomic E-state index is 12.4. The smallest absolute Gasteiger partial charge is 0.272 e. The van der Waals surface area contributed by atoms with Crippen LogP contribution in [0.2, 0.25) is 5.02 Å². The maximum Gasteiger partial charge on any atom is 0.272 e. The van der Waals surface area contributed by atoms with Crippen LogP contribution in [0.4, 0.5) is 5.82 Å². The SMILES string of the molecule is O=C(NCc1ccccc1Cl)c1ccc(N2CCC(Cc3ccccc3)CC2)nn1. The Morgan fingerprint density at radius 2 is 1.70 bits per heavy atom. The number of hydrogen-bond acceptors (Lipinski definition) is 4. The van der Waals surface area contributed by atoms with Gasteiger partial charge < -0.3 is 10.2 Å². The van der Waals surface area contributed by atoms with Crippen molar-refractivity contribution in [3.05, 3.63) is 88.6 Å². The van der Waals surface area contributed by atoms with Crippen molar-refractivity contribution in [2.75, 3.05) is 18.0 Å². The molecule has 1 saturated heterocycles. The third-order valence-electron chi connectivity index (χ3n) is 5.59. The molecule has 30 heavy (non-hydrogen) atoms. The number of hydrogen-bond donors (Lipinski definition) is 1. The van der Waals surface area contributed by atoms with Crippen molar-refractivity contribution in [2.24, 2.45) is 5.92 Å². The molecule has 1 amide bonds. The zero-order valence-corrected chi connectivity index (χ0v) is 17.6. The van der Waals surface area contributed by atoms with E-state index in [1.165, 1.54) is 5.56 Å². The highest BCUT2D eigenvalue weighted by atomic mass is 35.5. The van der Waals surface area contributed by atoms with Crippen LogP contribution in [0, 0.1) is 5.92 Å². The molecular weight excluding hydrogens is 396 g/mol. The molecule has 2 aromatic carbocycles. The van der Waals surface area contributed by atoms with Crippen LogP contribution in [0.5, 0.6) is 0 Å². The van der Waals surface area contributed by atoms with E-state index in [-0.39, 0.29) is 5.91 Å². The maximum absolute atomic E-state index is 12.4. The number of aromatic nitrogens is 2. The van der Waals surface area contributed by atoms with Crippen LogP contribution in [-0.2, 0) is 13.0 Å². The Kier molecular flexibility index (Phi) is 6.60. The second-order valence-corrected chi connectivity index (χ2v) is 8.08. The lowest BCUT2D eigenvalue weighted by Gasteiger charge is -2.32. The first kappa shape index (κ1) is 20.4. The Labute approximate surface area is 182 Å². The summed E-state index contributed by atoms with van der Waals surface area (Å²) in [4.78, 5) is 14.6. The first-order valence-electron chi connectivity index (χ1n) is 10.3. The third kappa shape index (κ3) is 5.16. The molecule has 2 heterocycles. The molecule has 0 saturated carbocycles. The van der Waals surface area contributed by atoms with Gasteiger partial charge in [-0.1, -0.05) is 60.1 Å². The van der Waals surface area contributed by atoms with Crippen molar-refractivity contribution in [3.8, 4) is 0 Å².